The Morgan fingerprint density at radius 3 is 2.55 bits per heavy atom. The van der Waals surface area contributed by atoms with Crippen molar-refractivity contribution in [3.63, 3.8) is 0 Å². The maximum absolute atomic E-state index is 13.2. The van der Waals surface area contributed by atoms with Crippen molar-refractivity contribution < 1.29 is 19.0 Å². The molecule has 0 radical (unpaired) electrons. The fourth-order valence-electron chi connectivity index (χ4n) is 5.21. The maximum atomic E-state index is 13.2. The van der Waals surface area contributed by atoms with Crippen LogP contribution in [0.5, 0.6) is 0 Å². The Hall–Kier alpha value is -3.22. The Labute approximate surface area is 194 Å². The van der Waals surface area contributed by atoms with Crippen LogP contribution < -0.4 is 4.57 Å². The molecule has 0 amide bonds. The number of nitro groups is 1. The molecule has 0 aliphatic heterocycles. The number of hydrogen-bond donors (Lipinski definition) is 0. The fourth-order valence-corrected chi connectivity index (χ4v) is 5.21. The van der Waals surface area contributed by atoms with Gasteiger partial charge in [0.25, 0.3) is 11.5 Å². The van der Waals surface area contributed by atoms with E-state index in [0.29, 0.717) is 17.8 Å². The Kier molecular flexibility index (Phi) is 6.49. The molecule has 1 fully saturated rings. The van der Waals surface area contributed by atoms with Gasteiger partial charge in [0.2, 0.25) is 0 Å². The minimum Gasteiger partial charge on any atom is -0.459 e. The summed E-state index contributed by atoms with van der Waals surface area (Å²) < 4.78 is 10.1. The van der Waals surface area contributed by atoms with Gasteiger partial charge in [-0.2, -0.15) is 0 Å². The number of imidazole rings is 1. The Bertz CT molecular complexity index is 1170. The molecule has 1 aliphatic carbocycles. The maximum Gasteiger partial charge on any atom is 0.348 e. The number of ether oxygens (including phenoxy) is 1. The number of nitro benzene ring substituents is 1. The molecule has 0 spiro atoms. The first kappa shape index (κ1) is 23.0. The molecule has 174 valence electrons. The Morgan fingerprint density at radius 1 is 1.18 bits per heavy atom. The molecule has 33 heavy (non-hydrogen) atoms. The highest BCUT2D eigenvalue weighted by molar-refractivity contribution is 5.79. The van der Waals surface area contributed by atoms with E-state index in [1.54, 1.807) is 12.1 Å². The van der Waals surface area contributed by atoms with Crippen molar-refractivity contribution in [3.05, 3.63) is 58.6 Å². The van der Waals surface area contributed by atoms with Crippen molar-refractivity contribution in [2.75, 3.05) is 0 Å². The number of fused-ring (bicyclic) bond motifs is 1. The lowest BCUT2D eigenvalue weighted by atomic mass is 9.75. The summed E-state index contributed by atoms with van der Waals surface area (Å²) >= 11 is 0. The molecule has 1 saturated carbocycles. The summed E-state index contributed by atoms with van der Waals surface area (Å²) in [4.78, 5) is 23.9. The Morgan fingerprint density at radius 2 is 1.88 bits per heavy atom. The van der Waals surface area contributed by atoms with Crippen molar-refractivity contribution in [1.29, 1.82) is 0 Å². The number of aryl methyl sites for hydroxylation is 1. The molecule has 4 rings (SSSR count). The summed E-state index contributed by atoms with van der Waals surface area (Å²) in [5, 5.41) is 11.1. The smallest absolute Gasteiger partial charge is 0.348 e. The van der Waals surface area contributed by atoms with Crippen molar-refractivity contribution >= 4 is 22.7 Å². The second-order valence-corrected chi connectivity index (χ2v) is 9.62. The number of benzene rings is 2. The SMILES string of the molecule is CC(C)[C@@H]1CC[C@@H](C)CC1OC(=O)Cn1c(-c2ccc([N+](=O)[O-])cc2)[n+](C)c2ccccc21. The number of aromatic nitrogens is 2. The second-order valence-electron chi connectivity index (χ2n) is 9.62. The van der Waals surface area contributed by atoms with E-state index in [-0.39, 0.29) is 24.3 Å². The number of carbonyl (C=O) groups is 1. The third-order valence-corrected chi connectivity index (χ3v) is 6.97. The van der Waals surface area contributed by atoms with Gasteiger partial charge >= 0.3 is 5.97 Å². The van der Waals surface area contributed by atoms with Crippen LogP contribution in [0, 0.1) is 27.9 Å². The van der Waals surface area contributed by atoms with Crippen LogP contribution in [-0.4, -0.2) is 21.6 Å². The summed E-state index contributed by atoms with van der Waals surface area (Å²) in [6.07, 6.45) is 3.12. The van der Waals surface area contributed by atoms with Crippen LogP contribution in [0.1, 0.15) is 40.0 Å². The summed E-state index contributed by atoms with van der Waals surface area (Å²) in [6, 6.07) is 14.3. The zero-order valence-corrected chi connectivity index (χ0v) is 19.7. The van der Waals surface area contributed by atoms with Crippen LogP contribution in [0.15, 0.2) is 48.5 Å². The highest BCUT2D eigenvalue weighted by Gasteiger charge is 2.34. The lowest BCUT2D eigenvalue weighted by molar-refractivity contribution is -0.634. The molecule has 1 aromatic heterocycles. The normalized spacial score (nSPS) is 20.8. The standard InChI is InChI=1S/C26H32N3O4/c1-17(2)21-14-9-18(3)15-24(21)33-25(30)16-28-23-8-6-5-7-22(23)27(4)26(28)19-10-12-20(13-11-19)29(31)32/h5-8,10-13,17-18,21,24H,9,14-16H2,1-4H3/q+1/t18-,21+,24?/m1/s1. The van der Waals surface area contributed by atoms with E-state index >= 15 is 0 Å². The van der Waals surface area contributed by atoms with Crippen LogP contribution in [0.3, 0.4) is 0 Å². The van der Waals surface area contributed by atoms with Crippen LogP contribution in [0.4, 0.5) is 5.69 Å². The molecule has 7 nitrogen and oxygen atoms in total. The van der Waals surface area contributed by atoms with Gasteiger partial charge in [-0.15, -0.1) is 0 Å². The number of non-ortho nitro benzene ring substituents is 1. The van der Waals surface area contributed by atoms with Crippen LogP contribution in [0.25, 0.3) is 22.4 Å². The van der Waals surface area contributed by atoms with E-state index in [4.69, 9.17) is 4.74 Å². The van der Waals surface area contributed by atoms with Gasteiger partial charge in [-0.1, -0.05) is 39.3 Å². The first-order valence-electron chi connectivity index (χ1n) is 11.7. The molecule has 3 atom stereocenters. The van der Waals surface area contributed by atoms with Gasteiger partial charge in [0.1, 0.15) is 6.10 Å². The lowest BCUT2D eigenvalue weighted by Crippen LogP contribution is -2.37. The van der Waals surface area contributed by atoms with Crippen LogP contribution >= 0.6 is 0 Å². The third-order valence-electron chi connectivity index (χ3n) is 6.97. The molecular formula is C26H32N3O4+. The summed E-state index contributed by atoms with van der Waals surface area (Å²) in [5.74, 6) is 1.97. The van der Waals surface area contributed by atoms with Gasteiger partial charge in [0.15, 0.2) is 17.6 Å². The first-order chi connectivity index (χ1) is 15.8. The molecule has 3 aromatic rings. The average Bonchev–Trinajstić information content (AvgIpc) is 3.05. The van der Waals surface area contributed by atoms with E-state index in [1.165, 1.54) is 18.6 Å². The molecule has 0 bridgehead atoms. The minimum atomic E-state index is -0.410. The largest absolute Gasteiger partial charge is 0.459 e. The molecule has 1 unspecified atom stereocenters. The van der Waals surface area contributed by atoms with E-state index in [2.05, 4.69) is 20.8 Å². The zero-order chi connectivity index (χ0) is 23.7. The second kappa shape index (κ2) is 9.33. The van der Waals surface area contributed by atoms with E-state index in [0.717, 1.165) is 35.3 Å². The molecular weight excluding hydrogens is 418 g/mol. The van der Waals surface area contributed by atoms with Crippen molar-refractivity contribution in [3.8, 4) is 11.4 Å². The third kappa shape index (κ3) is 4.63. The summed E-state index contributed by atoms with van der Waals surface area (Å²) in [5.41, 5.74) is 2.74. The predicted octanol–water partition coefficient (Wildman–Crippen LogP) is 5.05. The van der Waals surface area contributed by atoms with Gasteiger partial charge in [-0.05, 0) is 54.9 Å². The first-order valence-corrected chi connectivity index (χ1v) is 11.7. The van der Waals surface area contributed by atoms with E-state index in [9.17, 15) is 14.9 Å². The van der Waals surface area contributed by atoms with Gasteiger partial charge in [0.05, 0.1) is 17.5 Å². The quantitative estimate of drug-likeness (QED) is 0.228. The number of rotatable bonds is 6. The molecule has 0 N–H and O–H groups in total. The number of carbonyl (C=O) groups excluding carboxylic acids is 1. The molecule has 1 heterocycles. The van der Waals surface area contributed by atoms with Crippen LogP contribution in [0.2, 0.25) is 0 Å². The lowest BCUT2D eigenvalue weighted by Gasteiger charge is -2.36. The highest BCUT2D eigenvalue weighted by atomic mass is 16.6. The zero-order valence-electron chi connectivity index (χ0n) is 19.7. The number of hydrogen-bond acceptors (Lipinski definition) is 4. The monoisotopic (exact) mass is 450 g/mol. The van der Waals surface area contributed by atoms with Gasteiger partial charge in [-0.3, -0.25) is 10.1 Å². The van der Waals surface area contributed by atoms with Crippen molar-refractivity contribution in [2.45, 2.75) is 52.7 Å². The molecule has 2 aromatic carbocycles. The van der Waals surface area contributed by atoms with Crippen molar-refractivity contribution in [1.82, 2.24) is 4.57 Å². The summed E-state index contributed by atoms with van der Waals surface area (Å²) in [6.45, 7) is 6.72. The summed E-state index contributed by atoms with van der Waals surface area (Å²) in [7, 11) is 1.94. The highest BCUT2D eigenvalue weighted by Crippen LogP contribution is 2.35. The van der Waals surface area contributed by atoms with E-state index < -0.39 is 4.92 Å². The predicted molar refractivity (Wildman–Crippen MR) is 126 cm³/mol. The number of nitrogens with zero attached hydrogens (tertiary/aromatic N) is 3. The molecule has 7 heteroatoms. The Balaban J connectivity index is 1.67. The average molecular weight is 451 g/mol. The number of esters is 1. The van der Waals surface area contributed by atoms with Gasteiger partial charge in [0, 0.05) is 12.1 Å². The number of para-hydroxylation sites is 2. The van der Waals surface area contributed by atoms with Gasteiger partial charge < -0.3 is 4.74 Å². The topological polar surface area (TPSA) is 78.2 Å². The molecule has 1 aliphatic rings. The minimum absolute atomic E-state index is 0.0367. The van der Waals surface area contributed by atoms with Crippen LogP contribution in [-0.2, 0) is 23.1 Å². The van der Waals surface area contributed by atoms with E-state index in [1.807, 2.05) is 40.4 Å². The van der Waals surface area contributed by atoms with Gasteiger partial charge in [-0.25, -0.2) is 13.9 Å². The van der Waals surface area contributed by atoms with Crippen molar-refractivity contribution in [2.24, 2.45) is 24.8 Å². The molecule has 0 saturated heterocycles. The fraction of sp³-hybridized carbons (Fsp3) is 0.462.